The number of carbonyl (C=O) groups is 2. The van der Waals surface area contributed by atoms with Gasteiger partial charge < -0.3 is 4.42 Å². The monoisotopic (exact) mass is 504 g/mol. The number of amides is 2. The van der Waals surface area contributed by atoms with Gasteiger partial charge in [0, 0.05) is 10.0 Å². The van der Waals surface area contributed by atoms with Crippen LogP contribution in [0.5, 0.6) is 0 Å². The Morgan fingerprint density at radius 2 is 1.83 bits per heavy atom. The van der Waals surface area contributed by atoms with E-state index in [-0.39, 0.29) is 21.4 Å². The summed E-state index contributed by atoms with van der Waals surface area (Å²) in [6, 6.07) is 14.6. The van der Waals surface area contributed by atoms with Crippen molar-refractivity contribution in [3.63, 3.8) is 0 Å². The van der Waals surface area contributed by atoms with Gasteiger partial charge in [-0.1, -0.05) is 39.7 Å². The molecule has 2 heterocycles. The Kier molecular flexibility index (Phi) is 5.55. The fourth-order valence-corrected chi connectivity index (χ4v) is 3.58. The maximum absolute atomic E-state index is 13.5. The molecule has 1 aromatic heterocycles. The highest BCUT2D eigenvalue weighted by molar-refractivity contribution is 9.10. The van der Waals surface area contributed by atoms with Crippen molar-refractivity contribution >= 4 is 68.4 Å². The van der Waals surface area contributed by atoms with Gasteiger partial charge in [0.15, 0.2) is 5.11 Å². The number of nitrogens with one attached hydrogen (secondary N) is 1. The Bertz CT molecular complexity index is 1220. The van der Waals surface area contributed by atoms with Crippen LogP contribution in [0.4, 0.5) is 10.1 Å². The van der Waals surface area contributed by atoms with E-state index in [9.17, 15) is 14.0 Å². The third-order valence-electron chi connectivity index (χ3n) is 4.31. The van der Waals surface area contributed by atoms with E-state index in [1.165, 1.54) is 18.2 Å². The van der Waals surface area contributed by atoms with Gasteiger partial charge in [-0.05, 0) is 60.8 Å². The number of halogens is 3. The first-order valence-electron chi connectivity index (χ1n) is 8.56. The minimum absolute atomic E-state index is 0.125. The second kappa shape index (κ2) is 8.14. The summed E-state index contributed by atoms with van der Waals surface area (Å²) in [6.45, 7) is 0. The molecule has 0 radical (unpaired) electrons. The lowest BCUT2D eigenvalue weighted by molar-refractivity contribution is -0.122. The molecule has 30 heavy (non-hydrogen) atoms. The van der Waals surface area contributed by atoms with Crippen LogP contribution in [0.15, 0.2) is 69.1 Å². The molecule has 0 bridgehead atoms. The Morgan fingerprint density at radius 1 is 1.10 bits per heavy atom. The topological polar surface area (TPSA) is 62.6 Å². The maximum Gasteiger partial charge on any atom is 0.270 e. The van der Waals surface area contributed by atoms with Crippen molar-refractivity contribution in [2.45, 2.75) is 0 Å². The average Bonchev–Trinajstić information content (AvgIpc) is 3.17. The van der Waals surface area contributed by atoms with E-state index < -0.39 is 17.6 Å². The molecule has 0 aliphatic carbocycles. The van der Waals surface area contributed by atoms with Crippen LogP contribution < -0.4 is 10.2 Å². The van der Waals surface area contributed by atoms with E-state index in [4.69, 9.17) is 28.2 Å². The molecule has 0 unspecified atom stereocenters. The van der Waals surface area contributed by atoms with Crippen LogP contribution in [0.3, 0.4) is 0 Å². The first kappa shape index (κ1) is 20.5. The molecule has 1 aliphatic heterocycles. The molecule has 150 valence electrons. The van der Waals surface area contributed by atoms with Gasteiger partial charge in [0.1, 0.15) is 22.9 Å². The summed E-state index contributed by atoms with van der Waals surface area (Å²) in [4.78, 5) is 26.4. The van der Waals surface area contributed by atoms with Crippen molar-refractivity contribution in [2.24, 2.45) is 0 Å². The van der Waals surface area contributed by atoms with Gasteiger partial charge in [0.05, 0.1) is 10.7 Å². The predicted molar refractivity (Wildman–Crippen MR) is 119 cm³/mol. The standard InChI is InChI=1S/C21H11BrClFN2O3S/c22-12-3-1-11(2-4-12)18-8-6-14(29-18)10-15-19(27)25-21(30)26(20(15)28)13-5-7-17(24)16(23)9-13/h1-10H,(H,25,27,30)/b15-10-. The van der Waals surface area contributed by atoms with Crippen LogP contribution in [-0.2, 0) is 9.59 Å². The van der Waals surface area contributed by atoms with E-state index in [1.54, 1.807) is 12.1 Å². The summed E-state index contributed by atoms with van der Waals surface area (Å²) < 4.78 is 20.2. The lowest BCUT2D eigenvalue weighted by atomic mass is 10.1. The lowest BCUT2D eigenvalue weighted by Crippen LogP contribution is -2.54. The number of furan rings is 1. The molecule has 1 saturated heterocycles. The second-order valence-corrected chi connectivity index (χ2v) is 7.97. The highest BCUT2D eigenvalue weighted by atomic mass is 79.9. The zero-order chi connectivity index (χ0) is 21.4. The SMILES string of the molecule is O=C1NC(=S)N(c2ccc(F)c(Cl)c2)C(=O)/C1=C\c1ccc(-c2ccc(Br)cc2)o1. The molecule has 2 amide bonds. The lowest BCUT2D eigenvalue weighted by Gasteiger charge is -2.28. The Morgan fingerprint density at radius 3 is 2.53 bits per heavy atom. The van der Waals surface area contributed by atoms with Crippen LogP contribution in [-0.4, -0.2) is 16.9 Å². The van der Waals surface area contributed by atoms with Gasteiger partial charge in [0.2, 0.25) is 0 Å². The molecule has 5 nitrogen and oxygen atoms in total. The summed E-state index contributed by atoms with van der Waals surface area (Å²) in [6.07, 6.45) is 1.33. The van der Waals surface area contributed by atoms with Gasteiger partial charge in [-0.3, -0.25) is 19.8 Å². The van der Waals surface area contributed by atoms with Crippen LogP contribution in [0, 0.1) is 5.82 Å². The molecule has 1 N–H and O–H groups in total. The summed E-state index contributed by atoms with van der Waals surface area (Å²) in [5.74, 6) is -1.07. The highest BCUT2D eigenvalue weighted by Gasteiger charge is 2.35. The molecule has 1 aliphatic rings. The first-order chi connectivity index (χ1) is 14.3. The second-order valence-electron chi connectivity index (χ2n) is 6.27. The van der Waals surface area contributed by atoms with Crippen molar-refractivity contribution in [1.82, 2.24) is 5.32 Å². The summed E-state index contributed by atoms with van der Waals surface area (Å²) in [5, 5.41) is 2.16. The smallest absolute Gasteiger partial charge is 0.270 e. The minimum Gasteiger partial charge on any atom is -0.457 e. The number of hydrogen-bond acceptors (Lipinski definition) is 4. The minimum atomic E-state index is -0.673. The number of rotatable bonds is 3. The van der Waals surface area contributed by atoms with Crippen molar-refractivity contribution in [1.29, 1.82) is 0 Å². The molecule has 4 rings (SSSR count). The normalized spacial score (nSPS) is 15.6. The van der Waals surface area contributed by atoms with E-state index in [2.05, 4.69) is 21.2 Å². The molecule has 0 spiro atoms. The average molecular weight is 506 g/mol. The quantitative estimate of drug-likeness (QED) is 0.297. The van der Waals surface area contributed by atoms with E-state index >= 15 is 0 Å². The molecular formula is C21H11BrClFN2O3S. The van der Waals surface area contributed by atoms with Crippen LogP contribution in [0.2, 0.25) is 5.02 Å². The maximum atomic E-state index is 13.5. The summed E-state index contributed by atoms with van der Waals surface area (Å²) >= 11 is 14.3. The van der Waals surface area contributed by atoms with Crippen LogP contribution >= 0.6 is 39.7 Å². The zero-order valence-corrected chi connectivity index (χ0v) is 18.1. The Hall–Kier alpha value is -2.81. The van der Waals surface area contributed by atoms with Gasteiger partial charge in [-0.25, -0.2) is 4.39 Å². The molecule has 0 saturated carbocycles. The van der Waals surface area contributed by atoms with Gasteiger partial charge >= 0.3 is 0 Å². The number of hydrogen-bond donors (Lipinski definition) is 1. The van der Waals surface area contributed by atoms with E-state index in [0.717, 1.165) is 21.0 Å². The largest absolute Gasteiger partial charge is 0.457 e. The highest BCUT2D eigenvalue weighted by Crippen LogP contribution is 2.28. The number of carbonyl (C=O) groups excluding carboxylic acids is 2. The number of benzene rings is 2. The fraction of sp³-hybridized carbons (Fsp3) is 0. The van der Waals surface area contributed by atoms with Crippen molar-refractivity contribution in [2.75, 3.05) is 4.90 Å². The third-order valence-corrected chi connectivity index (χ3v) is 5.41. The third kappa shape index (κ3) is 3.94. The molecule has 3 aromatic rings. The number of thiocarbonyl (C=S) groups is 1. The zero-order valence-electron chi connectivity index (χ0n) is 15.0. The molecule has 1 fully saturated rings. The summed E-state index contributed by atoms with van der Waals surface area (Å²) in [7, 11) is 0. The first-order valence-corrected chi connectivity index (χ1v) is 10.1. The van der Waals surface area contributed by atoms with Gasteiger partial charge in [-0.2, -0.15) is 0 Å². The van der Waals surface area contributed by atoms with Crippen molar-refractivity contribution in [3.05, 3.63) is 81.2 Å². The van der Waals surface area contributed by atoms with Crippen LogP contribution in [0.25, 0.3) is 17.4 Å². The van der Waals surface area contributed by atoms with E-state index in [0.29, 0.717) is 11.5 Å². The van der Waals surface area contributed by atoms with Crippen molar-refractivity contribution < 1.29 is 18.4 Å². The number of nitrogens with zero attached hydrogens (tertiary/aromatic N) is 1. The Labute approximate surface area is 189 Å². The molecule has 2 aromatic carbocycles. The van der Waals surface area contributed by atoms with Gasteiger partial charge in [0.25, 0.3) is 11.8 Å². The molecular weight excluding hydrogens is 495 g/mol. The molecule has 9 heteroatoms. The number of anilines is 1. The van der Waals surface area contributed by atoms with E-state index in [1.807, 2.05) is 24.3 Å². The van der Waals surface area contributed by atoms with Crippen LogP contribution in [0.1, 0.15) is 5.76 Å². The molecule has 0 atom stereocenters. The van der Waals surface area contributed by atoms with Crippen molar-refractivity contribution in [3.8, 4) is 11.3 Å². The summed E-state index contributed by atoms with van der Waals surface area (Å²) in [5.41, 5.74) is 0.893. The predicted octanol–water partition coefficient (Wildman–Crippen LogP) is 5.33. The van der Waals surface area contributed by atoms with Gasteiger partial charge in [-0.15, -0.1) is 0 Å². The Balaban J connectivity index is 1.67. The fourth-order valence-electron chi connectivity index (χ4n) is 2.86.